The van der Waals surface area contributed by atoms with Crippen molar-refractivity contribution >= 4 is 0 Å². The van der Waals surface area contributed by atoms with Crippen LogP contribution in [0.25, 0.3) is 0 Å². The Morgan fingerprint density at radius 2 is 1.87 bits per heavy atom. The Balaban J connectivity index is 1.65. The molecule has 23 heavy (non-hydrogen) atoms. The highest BCUT2D eigenvalue weighted by Crippen LogP contribution is 2.23. The van der Waals surface area contributed by atoms with Crippen LogP contribution < -0.4 is 10.3 Å². The van der Waals surface area contributed by atoms with Crippen LogP contribution in [0.2, 0.25) is 0 Å². The summed E-state index contributed by atoms with van der Waals surface area (Å²) in [6, 6.07) is 5.71. The van der Waals surface area contributed by atoms with Crippen LogP contribution in [0.15, 0.2) is 29.1 Å². The molecule has 1 N–H and O–H groups in total. The van der Waals surface area contributed by atoms with E-state index in [0.717, 1.165) is 36.1 Å². The number of halogens is 3. The van der Waals surface area contributed by atoms with Crippen LogP contribution in [0.1, 0.15) is 29.1 Å². The Kier molecular flexibility index (Phi) is 4.11. The highest BCUT2D eigenvalue weighted by atomic mass is 19.4. The van der Waals surface area contributed by atoms with Crippen molar-refractivity contribution in [3.8, 4) is 5.75 Å². The third-order valence-corrected chi connectivity index (χ3v) is 3.80. The maximum absolute atomic E-state index is 12.1. The zero-order chi connectivity index (χ0) is 16.4. The Morgan fingerprint density at radius 1 is 1.13 bits per heavy atom. The van der Waals surface area contributed by atoms with Crippen molar-refractivity contribution in [1.82, 2.24) is 9.97 Å². The van der Waals surface area contributed by atoms with Gasteiger partial charge in [-0.05, 0) is 43.4 Å². The number of aromatic amines is 1. The molecule has 0 spiro atoms. The molecule has 7 heteroatoms. The second kappa shape index (κ2) is 6.06. The average molecular weight is 324 g/mol. The van der Waals surface area contributed by atoms with Gasteiger partial charge in [0, 0.05) is 12.0 Å². The maximum Gasteiger partial charge on any atom is 0.573 e. The largest absolute Gasteiger partial charge is 0.573 e. The number of benzene rings is 1. The molecule has 4 nitrogen and oxygen atoms in total. The summed E-state index contributed by atoms with van der Waals surface area (Å²) in [4.78, 5) is 19.1. The number of hydrogen-bond acceptors (Lipinski definition) is 3. The Bertz CT molecular complexity index is 751. The number of nitrogens with one attached hydrogen (secondary N) is 1. The highest BCUT2D eigenvalue weighted by Gasteiger charge is 2.30. The average Bonchev–Trinajstić information content (AvgIpc) is 2.94. The molecule has 1 aromatic heterocycles. The third kappa shape index (κ3) is 3.91. The number of hydrogen-bond donors (Lipinski definition) is 1. The van der Waals surface area contributed by atoms with Gasteiger partial charge in [-0.15, -0.1) is 13.2 Å². The van der Waals surface area contributed by atoms with Crippen LogP contribution in [-0.2, 0) is 25.7 Å². The monoisotopic (exact) mass is 324 g/mol. The molecule has 0 unspecified atom stereocenters. The number of ether oxygens (including phenoxy) is 1. The lowest BCUT2D eigenvalue weighted by Crippen LogP contribution is -2.17. The minimum absolute atomic E-state index is 0.0728. The maximum atomic E-state index is 12.1. The fourth-order valence-electron chi connectivity index (χ4n) is 2.73. The van der Waals surface area contributed by atoms with Crippen LogP contribution in [0.5, 0.6) is 5.75 Å². The normalized spacial score (nSPS) is 13.9. The van der Waals surface area contributed by atoms with Crippen molar-refractivity contribution in [2.75, 3.05) is 0 Å². The third-order valence-electron chi connectivity index (χ3n) is 3.80. The van der Waals surface area contributed by atoms with E-state index in [1.165, 1.54) is 12.1 Å². The lowest BCUT2D eigenvalue weighted by atomic mass is 10.1. The van der Waals surface area contributed by atoms with E-state index in [1.54, 1.807) is 12.1 Å². The van der Waals surface area contributed by atoms with E-state index < -0.39 is 6.36 Å². The van der Waals surface area contributed by atoms with E-state index in [9.17, 15) is 18.0 Å². The standard InChI is InChI=1S/C16H15F3N2O2/c17-16(18,19)23-11-7-4-10(5-8-11)6-9-14-20-13-3-1-2-12(13)15(22)21-14/h4-5,7-8H,1-3,6,9H2,(H,20,21,22). The lowest BCUT2D eigenvalue weighted by Gasteiger charge is -2.09. The zero-order valence-corrected chi connectivity index (χ0v) is 12.2. The van der Waals surface area contributed by atoms with E-state index in [2.05, 4.69) is 14.7 Å². The van der Waals surface area contributed by atoms with Gasteiger partial charge in [-0.1, -0.05) is 12.1 Å². The van der Waals surface area contributed by atoms with E-state index in [1.807, 2.05) is 0 Å². The summed E-state index contributed by atoms with van der Waals surface area (Å²) in [5, 5.41) is 0. The lowest BCUT2D eigenvalue weighted by molar-refractivity contribution is -0.274. The van der Waals surface area contributed by atoms with Gasteiger partial charge in [0.25, 0.3) is 5.56 Å². The van der Waals surface area contributed by atoms with Crippen molar-refractivity contribution in [3.63, 3.8) is 0 Å². The van der Waals surface area contributed by atoms with E-state index >= 15 is 0 Å². The van der Waals surface area contributed by atoms with Gasteiger partial charge in [-0.3, -0.25) is 4.79 Å². The molecule has 1 aromatic carbocycles. The molecule has 0 amide bonds. The number of aromatic nitrogens is 2. The molecule has 3 rings (SSSR count). The molecular formula is C16H15F3N2O2. The molecule has 0 atom stereocenters. The minimum atomic E-state index is -4.69. The summed E-state index contributed by atoms with van der Waals surface area (Å²) in [5.74, 6) is 0.372. The fraction of sp³-hybridized carbons (Fsp3) is 0.375. The van der Waals surface area contributed by atoms with Crippen LogP contribution in [-0.4, -0.2) is 16.3 Å². The molecular weight excluding hydrogens is 309 g/mol. The first-order valence-corrected chi connectivity index (χ1v) is 7.36. The van der Waals surface area contributed by atoms with E-state index in [4.69, 9.17) is 0 Å². The van der Waals surface area contributed by atoms with Gasteiger partial charge in [0.1, 0.15) is 11.6 Å². The predicted octanol–water partition coefficient (Wildman–Crippen LogP) is 2.94. The number of fused-ring (bicyclic) bond motifs is 1. The molecule has 1 aliphatic carbocycles. The fourth-order valence-corrected chi connectivity index (χ4v) is 2.73. The number of alkyl halides is 3. The van der Waals surface area contributed by atoms with Gasteiger partial charge in [0.15, 0.2) is 0 Å². The van der Waals surface area contributed by atoms with Crippen LogP contribution in [0.4, 0.5) is 13.2 Å². The topological polar surface area (TPSA) is 55.0 Å². The van der Waals surface area contributed by atoms with E-state index in [0.29, 0.717) is 18.7 Å². The summed E-state index contributed by atoms with van der Waals surface area (Å²) in [7, 11) is 0. The quantitative estimate of drug-likeness (QED) is 0.941. The van der Waals surface area contributed by atoms with Gasteiger partial charge < -0.3 is 9.72 Å². The molecule has 1 aliphatic rings. The molecule has 0 bridgehead atoms. The summed E-state index contributed by atoms with van der Waals surface area (Å²) >= 11 is 0. The first kappa shape index (κ1) is 15.6. The molecule has 0 radical (unpaired) electrons. The smallest absolute Gasteiger partial charge is 0.406 e. The minimum Gasteiger partial charge on any atom is -0.406 e. The molecule has 1 heterocycles. The Hall–Kier alpha value is -2.31. The first-order valence-electron chi connectivity index (χ1n) is 7.36. The van der Waals surface area contributed by atoms with Gasteiger partial charge >= 0.3 is 6.36 Å². The van der Waals surface area contributed by atoms with Crippen molar-refractivity contribution in [3.05, 3.63) is 57.3 Å². The Labute approximate surface area is 130 Å². The van der Waals surface area contributed by atoms with Crippen LogP contribution in [0.3, 0.4) is 0 Å². The van der Waals surface area contributed by atoms with E-state index in [-0.39, 0.29) is 11.3 Å². The van der Waals surface area contributed by atoms with Gasteiger partial charge in [-0.25, -0.2) is 4.98 Å². The summed E-state index contributed by atoms with van der Waals surface area (Å²) in [6.45, 7) is 0. The molecule has 122 valence electrons. The van der Waals surface area contributed by atoms with Crippen molar-refractivity contribution < 1.29 is 17.9 Å². The van der Waals surface area contributed by atoms with Crippen molar-refractivity contribution in [2.24, 2.45) is 0 Å². The van der Waals surface area contributed by atoms with Crippen molar-refractivity contribution in [2.45, 2.75) is 38.5 Å². The predicted molar refractivity (Wildman–Crippen MR) is 77.4 cm³/mol. The van der Waals surface area contributed by atoms with Crippen LogP contribution >= 0.6 is 0 Å². The van der Waals surface area contributed by atoms with Gasteiger partial charge in [0.05, 0.1) is 5.69 Å². The SMILES string of the molecule is O=c1[nH]c(CCc2ccc(OC(F)(F)F)cc2)nc2c1CCC2. The summed E-state index contributed by atoms with van der Waals surface area (Å²) in [6.07, 6.45) is -1.02. The molecule has 0 saturated carbocycles. The number of aryl methyl sites for hydroxylation is 3. The summed E-state index contributed by atoms with van der Waals surface area (Å²) < 4.78 is 40.1. The highest BCUT2D eigenvalue weighted by molar-refractivity contribution is 5.28. The second-order valence-corrected chi connectivity index (χ2v) is 5.48. The number of nitrogens with zero attached hydrogens (tertiary/aromatic N) is 1. The molecule has 0 fully saturated rings. The van der Waals surface area contributed by atoms with Crippen LogP contribution in [0, 0.1) is 0 Å². The number of H-pyrrole nitrogens is 1. The summed E-state index contributed by atoms with van der Waals surface area (Å²) in [5.41, 5.74) is 2.43. The molecule has 0 saturated heterocycles. The first-order chi connectivity index (χ1) is 10.9. The van der Waals surface area contributed by atoms with Crippen molar-refractivity contribution in [1.29, 1.82) is 0 Å². The number of rotatable bonds is 4. The second-order valence-electron chi connectivity index (χ2n) is 5.48. The molecule has 0 aliphatic heterocycles. The Morgan fingerprint density at radius 3 is 2.57 bits per heavy atom. The zero-order valence-electron chi connectivity index (χ0n) is 12.2. The van der Waals surface area contributed by atoms with Gasteiger partial charge in [0.2, 0.25) is 0 Å². The van der Waals surface area contributed by atoms with Gasteiger partial charge in [-0.2, -0.15) is 0 Å². The molecule has 2 aromatic rings.